The molecule has 0 bridgehead atoms. The van der Waals surface area contributed by atoms with E-state index in [0.29, 0.717) is 23.5 Å². The Balaban J connectivity index is 2.46. The van der Waals surface area contributed by atoms with Gasteiger partial charge in [-0.3, -0.25) is 4.68 Å². The first-order valence-electron chi connectivity index (χ1n) is 10.6. The molecule has 7 nitrogen and oxygen atoms in total. The highest BCUT2D eigenvalue weighted by Crippen LogP contribution is 2.31. The highest BCUT2D eigenvalue weighted by molar-refractivity contribution is 5.94. The fraction of sp³-hybridized carbons (Fsp3) is 0.458. The lowest BCUT2D eigenvalue weighted by molar-refractivity contribution is -0.171. The molecule has 2 aromatic rings. The lowest BCUT2D eigenvalue weighted by Crippen LogP contribution is -2.24. The van der Waals surface area contributed by atoms with Crippen LogP contribution in [0, 0.1) is 18.3 Å². The van der Waals surface area contributed by atoms with Crippen LogP contribution in [0.15, 0.2) is 30.3 Å². The normalized spacial score (nSPS) is 13.5. The largest absolute Gasteiger partial charge is 0.511 e. The first kappa shape index (κ1) is 26.8. The number of nitriles is 1. The van der Waals surface area contributed by atoms with Crippen molar-refractivity contribution in [2.75, 3.05) is 6.61 Å². The lowest BCUT2D eigenvalue weighted by Gasteiger charge is -2.21. The molecule has 10 heteroatoms. The van der Waals surface area contributed by atoms with E-state index in [9.17, 15) is 23.2 Å². The van der Waals surface area contributed by atoms with Crippen molar-refractivity contribution in [3.05, 3.63) is 52.8 Å². The fourth-order valence-corrected chi connectivity index (χ4v) is 3.10. The zero-order chi connectivity index (χ0) is 25.7. The van der Waals surface area contributed by atoms with Crippen LogP contribution in [0.2, 0.25) is 0 Å². The number of benzene rings is 1. The van der Waals surface area contributed by atoms with Crippen molar-refractivity contribution in [1.29, 1.82) is 5.26 Å². The number of aromatic nitrogens is 2. The smallest absolute Gasteiger partial charge is 0.451 e. The highest BCUT2D eigenvalue weighted by Gasteiger charge is 2.31. The molecule has 0 radical (unpaired) electrons. The van der Waals surface area contributed by atoms with Gasteiger partial charge in [0.1, 0.15) is 17.3 Å². The van der Waals surface area contributed by atoms with Crippen molar-refractivity contribution in [1.82, 2.24) is 9.78 Å². The molecule has 0 spiro atoms. The number of ether oxygens (including phenoxy) is 3. The zero-order valence-electron chi connectivity index (χ0n) is 20.0. The van der Waals surface area contributed by atoms with E-state index < -0.39 is 25.2 Å². The van der Waals surface area contributed by atoms with E-state index in [1.807, 2.05) is 19.1 Å². The van der Waals surface area contributed by atoms with Gasteiger partial charge in [-0.2, -0.15) is 23.5 Å². The zero-order valence-corrected chi connectivity index (χ0v) is 20.0. The lowest BCUT2D eigenvalue weighted by atomic mass is 9.86. The van der Waals surface area contributed by atoms with Crippen LogP contribution in [0.25, 0.3) is 11.3 Å². The Labute approximate surface area is 196 Å². The number of alkyl halides is 3. The van der Waals surface area contributed by atoms with Gasteiger partial charge in [-0.05, 0) is 36.5 Å². The average Bonchev–Trinajstić information content (AvgIpc) is 3.12. The van der Waals surface area contributed by atoms with Crippen LogP contribution < -0.4 is 0 Å². The van der Waals surface area contributed by atoms with Crippen molar-refractivity contribution >= 4 is 17.5 Å². The quantitative estimate of drug-likeness (QED) is 0.210. The minimum atomic E-state index is -4.69. The highest BCUT2D eigenvalue weighted by atomic mass is 19.4. The molecule has 1 aromatic heterocycles. The Morgan fingerprint density at radius 3 is 2.29 bits per heavy atom. The minimum Gasteiger partial charge on any atom is -0.451 e. The molecule has 0 saturated carbocycles. The molecule has 2 rings (SSSR count). The van der Waals surface area contributed by atoms with Crippen LogP contribution in [0.1, 0.15) is 57.1 Å². The molecule has 1 aromatic carbocycles. The molecule has 34 heavy (non-hydrogen) atoms. The third-order valence-electron chi connectivity index (χ3n) is 4.71. The standard InChI is InChI=1S/C24H28F3N3O4/c1-7-30-20(12-15(2)29-30)21(33-16(3)34-22(31)32-14-24(25,26)27)19(13-28)17-8-10-18(11-9-17)23(4,5)6/h8-12,16H,7,14H2,1-6H3/b21-19-. The number of carbonyl (C=O) groups excluding carboxylic acids is 1. The van der Waals surface area contributed by atoms with Crippen molar-refractivity contribution in [2.24, 2.45) is 0 Å². The number of hydrogen-bond donors (Lipinski definition) is 0. The Morgan fingerprint density at radius 2 is 1.79 bits per heavy atom. The van der Waals surface area contributed by atoms with E-state index >= 15 is 0 Å². The summed E-state index contributed by atoms with van der Waals surface area (Å²) >= 11 is 0. The molecule has 1 unspecified atom stereocenters. The molecule has 0 saturated heterocycles. The Hall–Kier alpha value is -3.48. The number of allylic oxidation sites excluding steroid dienone is 1. The summed E-state index contributed by atoms with van der Waals surface area (Å²) in [5.74, 6) is 0.0737. The molecule has 0 aliphatic rings. The minimum absolute atomic E-state index is 0.0737. The second-order valence-electron chi connectivity index (χ2n) is 8.59. The third kappa shape index (κ3) is 7.27. The van der Waals surface area contributed by atoms with Gasteiger partial charge in [-0.25, -0.2) is 4.79 Å². The SMILES string of the molecule is CCn1nc(C)cc1/C(OC(C)OC(=O)OCC(F)(F)F)=C(\C#N)c1ccc(C(C)(C)C)cc1. The van der Waals surface area contributed by atoms with E-state index in [1.165, 1.54) is 6.92 Å². The van der Waals surface area contributed by atoms with E-state index in [2.05, 4.69) is 36.7 Å². The van der Waals surface area contributed by atoms with Crippen LogP contribution in [0.5, 0.6) is 0 Å². The van der Waals surface area contributed by atoms with Gasteiger partial charge in [0, 0.05) is 13.5 Å². The summed E-state index contributed by atoms with van der Waals surface area (Å²) in [6, 6.07) is 11.2. The monoisotopic (exact) mass is 479 g/mol. The van der Waals surface area contributed by atoms with Gasteiger partial charge in [0.15, 0.2) is 12.4 Å². The summed E-state index contributed by atoms with van der Waals surface area (Å²) in [4.78, 5) is 11.7. The maximum absolute atomic E-state index is 12.3. The number of rotatable bonds is 7. The van der Waals surface area contributed by atoms with Crippen LogP contribution in [-0.4, -0.2) is 35.0 Å². The van der Waals surface area contributed by atoms with Gasteiger partial charge in [0.25, 0.3) is 0 Å². The molecule has 0 N–H and O–H groups in total. The first-order chi connectivity index (χ1) is 15.7. The molecule has 0 amide bonds. The maximum Gasteiger partial charge on any atom is 0.511 e. The Bertz CT molecular complexity index is 1070. The summed E-state index contributed by atoms with van der Waals surface area (Å²) in [5, 5.41) is 14.4. The predicted molar refractivity (Wildman–Crippen MR) is 119 cm³/mol. The van der Waals surface area contributed by atoms with Crippen molar-refractivity contribution < 1.29 is 32.2 Å². The van der Waals surface area contributed by atoms with Crippen LogP contribution >= 0.6 is 0 Å². The van der Waals surface area contributed by atoms with E-state index in [-0.39, 0.29) is 16.7 Å². The fourth-order valence-electron chi connectivity index (χ4n) is 3.10. The van der Waals surface area contributed by atoms with Crippen LogP contribution in [0.3, 0.4) is 0 Å². The maximum atomic E-state index is 12.3. The van der Waals surface area contributed by atoms with Crippen molar-refractivity contribution in [3.8, 4) is 6.07 Å². The first-order valence-corrected chi connectivity index (χ1v) is 10.6. The van der Waals surface area contributed by atoms with E-state index in [0.717, 1.165) is 5.56 Å². The van der Waals surface area contributed by atoms with Crippen molar-refractivity contribution in [2.45, 2.75) is 66.0 Å². The second-order valence-corrected chi connectivity index (χ2v) is 8.59. The molecule has 0 aliphatic carbocycles. The van der Waals surface area contributed by atoms with Crippen LogP contribution in [0.4, 0.5) is 18.0 Å². The number of aryl methyl sites for hydroxylation is 2. The second kappa shape index (κ2) is 10.6. The molecule has 0 fully saturated rings. The summed E-state index contributed by atoms with van der Waals surface area (Å²) in [6.07, 6.45) is -7.59. The van der Waals surface area contributed by atoms with Gasteiger partial charge in [-0.1, -0.05) is 45.0 Å². The molecule has 184 valence electrons. The number of carbonyl (C=O) groups is 1. The molecule has 0 aliphatic heterocycles. The number of halogens is 3. The summed E-state index contributed by atoms with van der Waals surface area (Å²) < 4.78 is 53.2. The Morgan fingerprint density at radius 1 is 1.18 bits per heavy atom. The van der Waals surface area contributed by atoms with Gasteiger partial charge in [0.05, 0.1) is 5.69 Å². The predicted octanol–water partition coefficient (Wildman–Crippen LogP) is 5.98. The number of nitrogens with zero attached hydrogens (tertiary/aromatic N) is 3. The molecule has 1 heterocycles. The van der Waals surface area contributed by atoms with Gasteiger partial charge in [0.2, 0.25) is 6.29 Å². The molecule has 1 atom stereocenters. The van der Waals surface area contributed by atoms with Gasteiger partial charge < -0.3 is 14.2 Å². The topological polar surface area (TPSA) is 86.4 Å². The average molecular weight is 479 g/mol. The molecular formula is C24H28F3N3O4. The van der Waals surface area contributed by atoms with Gasteiger partial charge in [-0.15, -0.1) is 0 Å². The van der Waals surface area contributed by atoms with E-state index in [1.54, 1.807) is 29.8 Å². The Kier molecular flexibility index (Phi) is 8.37. The van der Waals surface area contributed by atoms with Crippen molar-refractivity contribution in [3.63, 3.8) is 0 Å². The summed E-state index contributed by atoms with van der Waals surface area (Å²) in [6.45, 7) is 9.81. The summed E-state index contributed by atoms with van der Waals surface area (Å²) in [7, 11) is 0. The number of hydrogen-bond acceptors (Lipinski definition) is 6. The summed E-state index contributed by atoms with van der Waals surface area (Å²) in [5.41, 5.74) is 2.79. The van der Waals surface area contributed by atoms with Crippen LogP contribution in [-0.2, 0) is 26.2 Å². The van der Waals surface area contributed by atoms with Gasteiger partial charge >= 0.3 is 12.3 Å². The third-order valence-corrected chi connectivity index (χ3v) is 4.71. The van der Waals surface area contributed by atoms with E-state index in [4.69, 9.17) is 9.47 Å². The molecular weight excluding hydrogens is 451 g/mol.